The van der Waals surface area contributed by atoms with Crippen LogP contribution in [0.4, 0.5) is 23.2 Å². The molecule has 1 aromatic heterocycles. The molecular formula is C21H26F4N4O3. The topological polar surface area (TPSA) is 70.8 Å². The molecule has 1 aromatic carbocycles. The normalized spacial score (nSPS) is 21.8. The number of nitrogens with zero attached hydrogens (tertiary/aromatic N) is 4. The van der Waals surface area contributed by atoms with Gasteiger partial charge in [0.05, 0.1) is 18.8 Å². The number of hydrogen-bond donors (Lipinski definition) is 1. The van der Waals surface area contributed by atoms with Gasteiger partial charge < -0.3 is 19.3 Å². The number of ether oxygens (including phenoxy) is 1. The van der Waals surface area contributed by atoms with Crippen molar-refractivity contribution in [3.8, 4) is 0 Å². The molecule has 32 heavy (non-hydrogen) atoms. The van der Waals surface area contributed by atoms with E-state index in [1.807, 2.05) is 25.5 Å². The molecule has 2 saturated heterocycles. The Balaban J connectivity index is 0.000000360. The number of piperidine rings is 1. The summed E-state index contributed by atoms with van der Waals surface area (Å²) in [5, 5.41) is 7.12. The Morgan fingerprint density at radius 2 is 2.03 bits per heavy atom. The number of rotatable bonds is 3. The number of anilines is 1. The highest BCUT2D eigenvalue weighted by atomic mass is 19.4. The fraction of sp³-hybridized carbons (Fsp3) is 0.524. The molecule has 0 saturated carbocycles. The molecule has 1 unspecified atom stereocenters. The molecule has 4 rings (SSSR count). The molecule has 176 valence electrons. The Bertz CT molecular complexity index is 916. The maximum Gasteiger partial charge on any atom is 0.490 e. The second kappa shape index (κ2) is 9.86. The highest BCUT2D eigenvalue weighted by Gasteiger charge is 2.41. The molecule has 0 aliphatic carbocycles. The molecule has 2 aromatic rings. The predicted molar refractivity (Wildman–Crippen MR) is 109 cm³/mol. The van der Waals surface area contributed by atoms with Crippen molar-refractivity contribution in [2.24, 2.45) is 7.05 Å². The predicted octanol–water partition coefficient (Wildman–Crippen LogP) is 3.06. The highest BCUT2D eigenvalue weighted by Crippen LogP contribution is 2.32. The summed E-state index contributed by atoms with van der Waals surface area (Å²) < 4.78 is 53.7. The third-order valence-corrected chi connectivity index (χ3v) is 5.57. The minimum Gasteiger partial charge on any atom is -0.475 e. The molecule has 0 amide bonds. The van der Waals surface area contributed by atoms with Gasteiger partial charge in [-0.25, -0.2) is 14.2 Å². The summed E-state index contributed by atoms with van der Waals surface area (Å²) >= 11 is 0. The number of alkyl halides is 3. The van der Waals surface area contributed by atoms with Crippen LogP contribution in [-0.4, -0.2) is 70.1 Å². The zero-order valence-corrected chi connectivity index (χ0v) is 17.7. The van der Waals surface area contributed by atoms with Gasteiger partial charge in [-0.15, -0.1) is 0 Å². The zero-order chi connectivity index (χ0) is 23.4. The minimum absolute atomic E-state index is 0.173. The number of carbonyl (C=O) groups is 1. The molecule has 0 bridgehead atoms. The summed E-state index contributed by atoms with van der Waals surface area (Å²) in [5.74, 6) is -1.86. The molecule has 1 N–H and O–H groups in total. The average Bonchev–Trinajstić information content (AvgIpc) is 3.12. The average molecular weight is 458 g/mol. The van der Waals surface area contributed by atoms with Crippen molar-refractivity contribution in [1.82, 2.24) is 14.5 Å². The smallest absolute Gasteiger partial charge is 0.475 e. The molecule has 2 fully saturated rings. The van der Waals surface area contributed by atoms with E-state index in [2.05, 4.69) is 19.4 Å². The number of halogens is 4. The lowest BCUT2D eigenvalue weighted by atomic mass is 9.90. The van der Waals surface area contributed by atoms with Crippen molar-refractivity contribution in [3.63, 3.8) is 0 Å². The number of hydrogen-bond acceptors (Lipinski definition) is 5. The van der Waals surface area contributed by atoms with Gasteiger partial charge in [-0.2, -0.15) is 13.2 Å². The molecule has 7 nitrogen and oxygen atoms in total. The molecule has 11 heteroatoms. The lowest BCUT2D eigenvalue weighted by molar-refractivity contribution is -0.192. The van der Waals surface area contributed by atoms with Crippen molar-refractivity contribution in [3.05, 3.63) is 48.3 Å². The van der Waals surface area contributed by atoms with E-state index < -0.39 is 12.1 Å². The van der Waals surface area contributed by atoms with E-state index in [9.17, 15) is 17.6 Å². The van der Waals surface area contributed by atoms with E-state index in [1.165, 1.54) is 6.07 Å². The molecule has 2 aliphatic heterocycles. The maximum absolute atomic E-state index is 13.6. The fourth-order valence-electron chi connectivity index (χ4n) is 4.05. The minimum atomic E-state index is -5.08. The molecular weight excluding hydrogens is 432 g/mol. The van der Waals surface area contributed by atoms with E-state index in [4.69, 9.17) is 14.6 Å². The zero-order valence-electron chi connectivity index (χ0n) is 17.7. The SMILES string of the molecule is Cn1ccnc1CN1CCOC2(CCCN(c3cccc(F)c3)C2)C1.O=C(O)C(F)(F)F. The highest BCUT2D eigenvalue weighted by molar-refractivity contribution is 5.73. The van der Waals surface area contributed by atoms with E-state index in [1.54, 1.807) is 12.1 Å². The van der Waals surface area contributed by atoms with Gasteiger partial charge in [0.2, 0.25) is 0 Å². The summed E-state index contributed by atoms with van der Waals surface area (Å²) in [6.07, 6.45) is 0.859. The number of carboxylic acid groups (broad SMARTS) is 1. The number of carboxylic acids is 1. The van der Waals surface area contributed by atoms with Crippen molar-refractivity contribution < 1.29 is 32.2 Å². The first-order valence-electron chi connectivity index (χ1n) is 10.2. The standard InChI is InChI=1S/C19H25FN4O.C2HF3O2/c1-22-9-7-21-18(22)13-23-10-11-25-19(14-23)6-3-8-24(15-19)17-5-2-4-16(20)12-17;3-2(4,5)1(6)7/h2,4-5,7,9,12H,3,6,8,10-11,13-15H2,1H3;(H,6,7). The largest absolute Gasteiger partial charge is 0.490 e. The Kier molecular flexibility index (Phi) is 7.40. The van der Waals surface area contributed by atoms with Gasteiger partial charge in [0, 0.05) is 51.3 Å². The molecule has 3 heterocycles. The van der Waals surface area contributed by atoms with Crippen LogP contribution in [0.5, 0.6) is 0 Å². The number of aromatic nitrogens is 2. The van der Waals surface area contributed by atoms with Gasteiger partial charge >= 0.3 is 12.1 Å². The summed E-state index contributed by atoms with van der Waals surface area (Å²) in [6, 6.07) is 6.88. The van der Waals surface area contributed by atoms with E-state index in [-0.39, 0.29) is 11.4 Å². The van der Waals surface area contributed by atoms with Crippen LogP contribution >= 0.6 is 0 Å². The summed E-state index contributed by atoms with van der Waals surface area (Å²) in [5.41, 5.74) is 0.775. The van der Waals surface area contributed by atoms with Crippen LogP contribution in [0.1, 0.15) is 18.7 Å². The van der Waals surface area contributed by atoms with Gasteiger partial charge in [0.1, 0.15) is 11.6 Å². The summed E-state index contributed by atoms with van der Waals surface area (Å²) in [6.45, 7) is 5.16. The number of benzene rings is 1. The van der Waals surface area contributed by atoms with Crippen LogP contribution < -0.4 is 4.90 Å². The first-order chi connectivity index (χ1) is 15.1. The van der Waals surface area contributed by atoms with Gasteiger partial charge in [0.25, 0.3) is 0 Å². The molecule has 0 radical (unpaired) electrons. The lowest BCUT2D eigenvalue weighted by Gasteiger charge is -2.48. The third kappa shape index (κ3) is 6.19. The van der Waals surface area contributed by atoms with E-state index in [0.29, 0.717) is 0 Å². The number of imidazole rings is 1. The first-order valence-corrected chi connectivity index (χ1v) is 10.2. The van der Waals surface area contributed by atoms with Crippen LogP contribution in [0.25, 0.3) is 0 Å². The van der Waals surface area contributed by atoms with Gasteiger partial charge in [-0.05, 0) is 31.0 Å². The van der Waals surface area contributed by atoms with Crippen LogP contribution in [0.3, 0.4) is 0 Å². The van der Waals surface area contributed by atoms with Crippen LogP contribution in [0.15, 0.2) is 36.7 Å². The summed E-state index contributed by atoms with van der Waals surface area (Å²) in [4.78, 5) is 18.0. The van der Waals surface area contributed by atoms with Crippen molar-refractivity contribution in [2.45, 2.75) is 31.2 Å². The van der Waals surface area contributed by atoms with Crippen LogP contribution in [-0.2, 0) is 23.1 Å². The number of aryl methyl sites for hydroxylation is 1. The number of aliphatic carboxylic acids is 1. The molecule has 1 atom stereocenters. The third-order valence-electron chi connectivity index (χ3n) is 5.57. The lowest BCUT2D eigenvalue weighted by Crippen LogP contribution is -2.59. The quantitative estimate of drug-likeness (QED) is 0.713. The monoisotopic (exact) mass is 458 g/mol. The van der Waals surface area contributed by atoms with Crippen LogP contribution in [0.2, 0.25) is 0 Å². The van der Waals surface area contributed by atoms with E-state index in [0.717, 1.165) is 63.7 Å². The molecule has 1 spiro atoms. The van der Waals surface area contributed by atoms with Crippen molar-refractivity contribution >= 4 is 11.7 Å². The Morgan fingerprint density at radius 3 is 2.66 bits per heavy atom. The van der Waals surface area contributed by atoms with Crippen molar-refractivity contribution in [2.75, 3.05) is 37.7 Å². The second-order valence-electron chi connectivity index (χ2n) is 8.00. The van der Waals surface area contributed by atoms with Gasteiger partial charge in [0.15, 0.2) is 0 Å². The Hall–Kier alpha value is -2.66. The molecule has 2 aliphatic rings. The Labute approximate surface area is 183 Å². The maximum atomic E-state index is 13.6. The fourth-order valence-corrected chi connectivity index (χ4v) is 4.05. The van der Waals surface area contributed by atoms with E-state index >= 15 is 0 Å². The second-order valence-corrected chi connectivity index (χ2v) is 8.00. The summed E-state index contributed by atoms with van der Waals surface area (Å²) in [7, 11) is 2.03. The Morgan fingerprint density at radius 1 is 1.28 bits per heavy atom. The van der Waals surface area contributed by atoms with Gasteiger partial charge in [-0.1, -0.05) is 6.07 Å². The van der Waals surface area contributed by atoms with Gasteiger partial charge in [-0.3, -0.25) is 4.90 Å². The van der Waals surface area contributed by atoms with Crippen LogP contribution in [0, 0.1) is 5.82 Å². The van der Waals surface area contributed by atoms with Crippen molar-refractivity contribution in [1.29, 1.82) is 0 Å². The first kappa shape index (κ1) is 24.0. The number of morpholine rings is 1.